The summed E-state index contributed by atoms with van der Waals surface area (Å²) in [5.74, 6) is 0.356. The molecule has 17 heavy (non-hydrogen) atoms. The summed E-state index contributed by atoms with van der Waals surface area (Å²) < 4.78 is 18.4. The van der Waals surface area contributed by atoms with Crippen molar-refractivity contribution in [2.75, 3.05) is 0 Å². The van der Waals surface area contributed by atoms with Gasteiger partial charge in [0.2, 0.25) is 0 Å². The van der Waals surface area contributed by atoms with E-state index in [1.807, 2.05) is 18.2 Å². The zero-order valence-corrected chi connectivity index (χ0v) is 10.5. The third kappa shape index (κ3) is 3.38. The highest BCUT2D eigenvalue weighted by Crippen LogP contribution is 2.21. The molecule has 0 bridgehead atoms. The SMILES string of the molecule is Fc1ccc(COc2cccc(S)c2)c(Cl)c1. The molecular weight excluding hydrogens is 259 g/mol. The number of ether oxygens (including phenoxy) is 1. The summed E-state index contributed by atoms with van der Waals surface area (Å²) >= 11 is 10.1. The van der Waals surface area contributed by atoms with Crippen molar-refractivity contribution in [1.82, 2.24) is 0 Å². The van der Waals surface area contributed by atoms with Crippen LogP contribution in [0.3, 0.4) is 0 Å². The monoisotopic (exact) mass is 268 g/mol. The van der Waals surface area contributed by atoms with Gasteiger partial charge < -0.3 is 4.74 Å². The van der Waals surface area contributed by atoms with Gasteiger partial charge in [-0.3, -0.25) is 0 Å². The lowest BCUT2D eigenvalue weighted by Gasteiger charge is -2.08. The van der Waals surface area contributed by atoms with E-state index in [9.17, 15) is 4.39 Å². The van der Waals surface area contributed by atoms with Gasteiger partial charge in [-0.2, -0.15) is 0 Å². The molecule has 4 heteroatoms. The summed E-state index contributed by atoms with van der Waals surface area (Å²) in [5, 5.41) is 0.368. The lowest BCUT2D eigenvalue weighted by atomic mass is 10.2. The van der Waals surface area contributed by atoms with Crippen molar-refractivity contribution < 1.29 is 9.13 Å². The number of hydrogen-bond donors (Lipinski definition) is 1. The second-order valence-corrected chi connectivity index (χ2v) is 4.45. The normalized spacial score (nSPS) is 10.3. The first kappa shape index (κ1) is 12.3. The van der Waals surface area contributed by atoms with E-state index < -0.39 is 0 Å². The van der Waals surface area contributed by atoms with E-state index in [1.165, 1.54) is 12.1 Å². The number of halogens is 2. The van der Waals surface area contributed by atoms with Crippen molar-refractivity contribution in [3.63, 3.8) is 0 Å². The summed E-state index contributed by atoms with van der Waals surface area (Å²) in [7, 11) is 0. The molecule has 0 saturated heterocycles. The molecule has 2 rings (SSSR count). The van der Waals surface area contributed by atoms with Crippen LogP contribution in [0.15, 0.2) is 47.4 Å². The van der Waals surface area contributed by atoms with Gasteiger partial charge in [0, 0.05) is 10.5 Å². The Kier molecular flexibility index (Phi) is 3.92. The predicted molar refractivity (Wildman–Crippen MR) is 69.4 cm³/mol. The molecule has 2 aromatic carbocycles. The minimum absolute atomic E-state index is 0.302. The molecule has 0 N–H and O–H groups in total. The van der Waals surface area contributed by atoms with E-state index in [0.29, 0.717) is 17.4 Å². The fourth-order valence-electron chi connectivity index (χ4n) is 1.37. The van der Waals surface area contributed by atoms with E-state index in [0.717, 1.165) is 10.5 Å². The Hall–Kier alpha value is -1.19. The van der Waals surface area contributed by atoms with Gasteiger partial charge in [0.05, 0.1) is 5.02 Å². The molecule has 0 unspecified atom stereocenters. The largest absolute Gasteiger partial charge is 0.489 e. The van der Waals surface area contributed by atoms with Crippen molar-refractivity contribution in [3.05, 3.63) is 58.9 Å². The minimum Gasteiger partial charge on any atom is -0.489 e. The number of hydrogen-bond acceptors (Lipinski definition) is 2. The summed E-state index contributed by atoms with van der Waals surface area (Å²) in [4.78, 5) is 0.827. The molecule has 0 aliphatic heterocycles. The molecule has 0 saturated carbocycles. The Morgan fingerprint density at radius 1 is 1.18 bits per heavy atom. The molecule has 0 aliphatic rings. The summed E-state index contributed by atoms with van der Waals surface area (Å²) in [6.45, 7) is 0.302. The van der Waals surface area contributed by atoms with E-state index in [4.69, 9.17) is 16.3 Å². The van der Waals surface area contributed by atoms with Crippen LogP contribution in [0.1, 0.15) is 5.56 Å². The van der Waals surface area contributed by atoms with Crippen molar-refractivity contribution in [2.24, 2.45) is 0 Å². The van der Waals surface area contributed by atoms with Crippen molar-refractivity contribution >= 4 is 24.2 Å². The number of benzene rings is 2. The molecule has 0 aromatic heterocycles. The highest BCUT2D eigenvalue weighted by molar-refractivity contribution is 7.80. The molecule has 0 spiro atoms. The van der Waals surface area contributed by atoms with Crippen LogP contribution in [-0.4, -0.2) is 0 Å². The maximum atomic E-state index is 12.8. The molecule has 0 radical (unpaired) electrons. The van der Waals surface area contributed by atoms with Crippen LogP contribution in [0.5, 0.6) is 5.75 Å². The number of rotatable bonds is 3. The third-order valence-corrected chi connectivity index (χ3v) is 2.86. The Balaban J connectivity index is 2.07. The van der Waals surface area contributed by atoms with Crippen LogP contribution in [0.4, 0.5) is 4.39 Å². The molecule has 0 fully saturated rings. The van der Waals surface area contributed by atoms with Gasteiger partial charge in [-0.25, -0.2) is 4.39 Å². The van der Waals surface area contributed by atoms with Crippen molar-refractivity contribution in [3.8, 4) is 5.75 Å². The topological polar surface area (TPSA) is 9.23 Å². The standard InChI is InChI=1S/C13H10ClFOS/c14-13-6-10(15)5-4-9(13)8-16-11-2-1-3-12(17)7-11/h1-7,17H,8H2. The van der Waals surface area contributed by atoms with Gasteiger partial charge in [0.25, 0.3) is 0 Å². The summed E-state index contributed by atoms with van der Waals surface area (Å²) in [5.41, 5.74) is 0.748. The molecule has 0 heterocycles. The maximum absolute atomic E-state index is 12.8. The van der Waals surface area contributed by atoms with Crippen LogP contribution >= 0.6 is 24.2 Å². The fraction of sp³-hybridized carbons (Fsp3) is 0.0769. The highest BCUT2D eigenvalue weighted by Gasteiger charge is 2.03. The molecule has 2 aromatic rings. The maximum Gasteiger partial charge on any atom is 0.124 e. The van der Waals surface area contributed by atoms with Gasteiger partial charge in [-0.05, 0) is 30.3 Å². The second-order valence-electron chi connectivity index (χ2n) is 3.52. The molecule has 88 valence electrons. The molecular formula is C13H10ClFOS. The van der Waals surface area contributed by atoms with Crippen molar-refractivity contribution in [2.45, 2.75) is 11.5 Å². The molecule has 1 nitrogen and oxygen atoms in total. The van der Waals surface area contributed by atoms with Gasteiger partial charge >= 0.3 is 0 Å². The average Bonchev–Trinajstić information content (AvgIpc) is 2.28. The second kappa shape index (κ2) is 5.43. The third-order valence-electron chi connectivity index (χ3n) is 2.23. The van der Waals surface area contributed by atoms with E-state index in [-0.39, 0.29) is 5.82 Å². The van der Waals surface area contributed by atoms with E-state index >= 15 is 0 Å². The Labute approximate surface area is 110 Å². The number of thiol groups is 1. The summed E-state index contributed by atoms with van der Waals surface area (Å²) in [6.07, 6.45) is 0. The first-order chi connectivity index (χ1) is 8.15. The predicted octanol–water partition coefficient (Wildman–Crippen LogP) is 4.35. The van der Waals surface area contributed by atoms with Crippen LogP contribution in [0.25, 0.3) is 0 Å². The first-order valence-electron chi connectivity index (χ1n) is 5.01. The fourth-order valence-corrected chi connectivity index (χ4v) is 1.81. The van der Waals surface area contributed by atoms with Crippen LogP contribution < -0.4 is 4.74 Å². The van der Waals surface area contributed by atoms with E-state index in [1.54, 1.807) is 12.1 Å². The average molecular weight is 269 g/mol. The van der Waals surface area contributed by atoms with Gasteiger partial charge in [-0.15, -0.1) is 12.6 Å². The van der Waals surface area contributed by atoms with E-state index in [2.05, 4.69) is 12.6 Å². The van der Waals surface area contributed by atoms with Crippen LogP contribution in [0, 0.1) is 5.82 Å². The lowest BCUT2D eigenvalue weighted by molar-refractivity contribution is 0.305. The molecule has 0 aliphatic carbocycles. The molecule has 0 amide bonds. The van der Waals surface area contributed by atoms with Gasteiger partial charge in [0.1, 0.15) is 18.2 Å². The quantitative estimate of drug-likeness (QED) is 0.815. The minimum atomic E-state index is -0.351. The first-order valence-corrected chi connectivity index (χ1v) is 5.83. The van der Waals surface area contributed by atoms with Gasteiger partial charge in [0.15, 0.2) is 0 Å². The highest BCUT2D eigenvalue weighted by atomic mass is 35.5. The Morgan fingerprint density at radius 2 is 2.00 bits per heavy atom. The van der Waals surface area contributed by atoms with Gasteiger partial charge in [-0.1, -0.05) is 23.7 Å². The molecule has 0 atom stereocenters. The Bertz CT molecular complexity index is 531. The zero-order valence-electron chi connectivity index (χ0n) is 8.86. The van der Waals surface area contributed by atoms with Crippen LogP contribution in [-0.2, 0) is 6.61 Å². The zero-order chi connectivity index (χ0) is 12.3. The Morgan fingerprint density at radius 3 is 2.71 bits per heavy atom. The summed E-state index contributed by atoms with van der Waals surface area (Å²) in [6, 6.07) is 11.6. The lowest BCUT2D eigenvalue weighted by Crippen LogP contribution is -1.96. The smallest absolute Gasteiger partial charge is 0.124 e. The van der Waals surface area contributed by atoms with Crippen molar-refractivity contribution in [1.29, 1.82) is 0 Å². The van der Waals surface area contributed by atoms with Crippen LogP contribution in [0.2, 0.25) is 5.02 Å².